The molecule has 0 fully saturated rings. The van der Waals surface area contributed by atoms with E-state index in [0.717, 1.165) is 40.4 Å². The molecule has 4 heteroatoms. The summed E-state index contributed by atoms with van der Waals surface area (Å²) in [6.45, 7) is 2.13. The van der Waals surface area contributed by atoms with Gasteiger partial charge in [0.05, 0.1) is 24.5 Å². The van der Waals surface area contributed by atoms with Gasteiger partial charge in [-0.1, -0.05) is 31.2 Å². The van der Waals surface area contributed by atoms with E-state index < -0.39 is 0 Å². The van der Waals surface area contributed by atoms with Crippen molar-refractivity contribution in [1.29, 1.82) is 0 Å². The van der Waals surface area contributed by atoms with E-state index in [2.05, 4.69) is 17.6 Å². The summed E-state index contributed by atoms with van der Waals surface area (Å²) in [5.74, 6) is 1.40. The first kappa shape index (κ1) is 15.8. The van der Waals surface area contributed by atoms with Crippen molar-refractivity contribution in [3.05, 3.63) is 65.4 Å². The van der Waals surface area contributed by atoms with E-state index in [9.17, 15) is 4.79 Å². The number of ether oxygens (including phenoxy) is 1. The number of carbonyl (C=O) groups excluding carboxylic acids is 1. The summed E-state index contributed by atoms with van der Waals surface area (Å²) in [5, 5.41) is 7.09. The van der Waals surface area contributed by atoms with Gasteiger partial charge in [-0.15, -0.1) is 0 Å². The molecule has 25 heavy (non-hydrogen) atoms. The highest BCUT2D eigenvalue weighted by Gasteiger charge is 2.34. The molecule has 0 saturated carbocycles. The molecular weight excluding hydrogens is 312 g/mol. The molecule has 0 spiro atoms. The van der Waals surface area contributed by atoms with Gasteiger partial charge >= 0.3 is 0 Å². The first-order valence-corrected chi connectivity index (χ1v) is 8.68. The Labute approximate surface area is 147 Å². The molecule has 0 radical (unpaired) electrons. The second-order valence-corrected chi connectivity index (χ2v) is 6.85. The van der Waals surface area contributed by atoms with E-state index in [4.69, 9.17) is 4.74 Å². The Morgan fingerprint density at radius 1 is 1.00 bits per heavy atom. The van der Waals surface area contributed by atoms with Crippen molar-refractivity contribution in [2.24, 2.45) is 5.92 Å². The number of nitrogens with one attached hydrogen (secondary N) is 2. The number of ketones is 1. The van der Waals surface area contributed by atoms with Crippen LogP contribution < -0.4 is 15.4 Å². The average Bonchev–Trinajstić information content (AvgIpc) is 2.78. The van der Waals surface area contributed by atoms with Crippen LogP contribution in [0, 0.1) is 5.92 Å². The quantitative estimate of drug-likeness (QED) is 0.847. The average molecular weight is 334 g/mol. The van der Waals surface area contributed by atoms with Crippen molar-refractivity contribution in [3.8, 4) is 5.75 Å². The molecule has 4 rings (SSSR count). The zero-order valence-electron chi connectivity index (χ0n) is 14.5. The largest absolute Gasteiger partial charge is 0.497 e. The maximum absolute atomic E-state index is 12.9. The molecule has 1 aliphatic heterocycles. The number of hydrogen-bond acceptors (Lipinski definition) is 4. The van der Waals surface area contributed by atoms with Crippen LogP contribution in [0.1, 0.15) is 31.4 Å². The summed E-state index contributed by atoms with van der Waals surface area (Å²) in [6.07, 6.45) is 1.49. The van der Waals surface area contributed by atoms with Gasteiger partial charge in [-0.3, -0.25) is 4.79 Å². The smallest absolute Gasteiger partial charge is 0.163 e. The first-order valence-electron chi connectivity index (χ1n) is 8.68. The van der Waals surface area contributed by atoms with Gasteiger partial charge < -0.3 is 15.4 Å². The molecule has 0 aromatic heterocycles. The molecule has 0 amide bonds. The summed E-state index contributed by atoms with van der Waals surface area (Å²) >= 11 is 0. The van der Waals surface area contributed by atoms with E-state index >= 15 is 0 Å². The lowest BCUT2D eigenvalue weighted by Gasteiger charge is -2.28. The fraction of sp³-hybridized carbons (Fsp3) is 0.286. The van der Waals surface area contributed by atoms with E-state index in [1.165, 1.54) is 0 Å². The van der Waals surface area contributed by atoms with Crippen LogP contribution in [0.3, 0.4) is 0 Å². The van der Waals surface area contributed by atoms with Gasteiger partial charge in [-0.05, 0) is 42.2 Å². The van der Waals surface area contributed by atoms with Gasteiger partial charge in [-0.2, -0.15) is 0 Å². The Morgan fingerprint density at radius 3 is 2.44 bits per heavy atom. The lowest BCUT2D eigenvalue weighted by Crippen LogP contribution is -2.26. The van der Waals surface area contributed by atoms with Crippen LogP contribution in [-0.4, -0.2) is 12.9 Å². The molecule has 0 bridgehead atoms. The molecule has 4 nitrogen and oxygen atoms in total. The number of hydrogen-bond donors (Lipinski definition) is 2. The van der Waals surface area contributed by atoms with Gasteiger partial charge in [-0.25, -0.2) is 0 Å². The summed E-state index contributed by atoms with van der Waals surface area (Å²) in [4.78, 5) is 12.9. The van der Waals surface area contributed by atoms with Gasteiger partial charge in [0, 0.05) is 17.7 Å². The second-order valence-electron chi connectivity index (χ2n) is 6.85. The normalized spacial score (nSPS) is 22.2. The minimum Gasteiger partial charge on any atom is -0.497 e. The third-order valence-corrected chi connectivity index (χ3v) is 4.96. The minimum absolute atomic E-state index is 0.156. The third kappa shape index (κ3) is 2.88. The molecular formula is C21H22N2O2. The highest BCUT2D eigenvalue weighted by atomic mass is 16.5. The van der Waals surface area contributed by atoms with E-state index in [0.29, 0.717) is 12.3 Å². The molecule has 2 aliphatic rings. The SMILES string of the molecule is COc1ccc([C@H]2Nc3ccccc3NC3=C2C(=O)C[C@H](C)C3)cc1. The summed E-state index contributed by atoms with van der Waals surface area (Å²) < 4.78 is 5.27. The molecule has 2 aromatic carbocycles. The molecule has 128 valence electrons. The zero-order valence-corrected chi connectivity index (χ0v) is 14.5. The van der Waals surface area contributed by atoms with Gasteiger partial charge in [0.25, 0.3) is 0 Å². The fourth-order valence-corrected chi connectivity index (χ4v) is 3.73. The van der Waals surface area contributed by atoms with Crippen molar-refractivity contribution >= 4 is 17.2 Å². The molecule has 2 aromatic rings. The zero-order chi connectivity index (χ0) is 17.4. The van der Waals surface area contributed by atoms with Gasteiger partial charge in [0.15, 0.2) is 5.78 Å². The number of rotatable bonds is 2. The van der Waals surface area contributed by atoms with Crippen LogP contribution in [0.4, 0.5) is 11.4 Å². The minimum atomic E-state index is -0.156. The van der Waals surface area contributed by atoms with Crippen LogP contribution in [0.25, 0.3) is 0 Å². The Morgan fingerprint density at radius 2 is 1.72 bits per heavy atom. The summed E-state index contributed by atoms with van der Waals surface area (Å²) in [5.41, 5.74) is 5.00. The van der Waals surface area contributed by atoms with Crippen molar-refractivity contribution in [2.45, 2.75) is 25.8 Å². The lowest BCUT2D eigenvalue weighted by molar-refractivity contribution is -0.117. The number of carbonyl (C=O) groups is 1. The standard InChI is InChI=1S/C21H22N2O2/c1-13-11-18-20(19(24)12-13)21(14-7-9-15(25-2)10-8-14)23-17-6-4-3-5-16(17)22-18/h3-10,13,21-23H,11-12H2,1-2H3/t13-,21-/m1/s1. The number of methoxy groups -OCH3 is 1. The van der Waals surface area contributed by atoms with Crippen molar-refractivity contribution in [1.82, 2.24) is 0 Å². The molecule has 0 unspecified atom stereocenters. The Bertz CT molecular complexity index is 839. The second kappa shape index (κ2) is 6.28. The van der Waals surface area contributed by atoms with Crippen molar-refractivity contribution < 1.29 is 9.53 Å². The molecule has 2 N–H and O–H groups in total. The maximum atomic E-state index is 12.9. The number of allylic oxidation sites excluding steroid dienone is 1. The summed E-state index contributed by atoms with van der Waals surface area (Å²) in [6, 6.07) is 15.9. The van der Waals surface area contributed by atoms with Crippen LogP contribution in [-0.2, 0) is 4.79 Å². The van der Waals surface area contributed by atoms with Gasteiger partial charge in [0.1, 0.15) is 5.75 Å². The highest BCUT2D eigenvalue weighted by molar-refractivity contribution is 6.00. The van der Waals surface area contributed by atoms with Gasteiger partial charge in [0.2, 0.25) is 0 Å². The van der Waals surface area contributed by atoms with E-state index in [1.54, 1.807) is 7.11 Å². The highest BCUT2D eigenvalue weighted by Crippen LogP contribution is 2.41. The number of para-hydroxylation sites is 2. The van der Waals surface area contributed by atoms with Crippen LogP contribution in [0.15, 0.2) is 59.8 Å². The van der Waals surface area contributed by atoms with Crippen LogP contribution in [0.2, 0.25) is 0 Å². The number of benzene rings is 2. The molecule has 2 atom stereocenters. The number of Topliss-reactive ketones (excluding diaryl/α,β-unsaturated/α-hetero) is 1. The van der Waals surface area contributed by atoms with E-state index in [1.807, 2.05) is 48.5 Å². The Kier molecular flexibility index (Phi) is 3.96. The van der Waals surface area contributed by atoms with E-state index in [-0.39, 0.29) is 11.8 Å². The number of anilines is 2. The summed E-state index contributed by atoms with van der Waals surface area (Å²) in [7, 11) is 1.66. The Hall–Kier alpha value is -2.75. The predicted octanol–water partition coefficient (Wildman–Crippen LogP) is 4.53. The van der Waals surface area contributed by atoms with Crippen LogP contribution >= 0.6 is 0 Å². The predicted molar refractivity (Wildman–Crippen MR) is 99.9 cm³/mol. The monoisotopic (exact) mass is 334 g/mol. The Balaban J connectivity index is 1.84. The third-order valence-electron chi connectivity index (χ3n) is 4.96. The molecule has 1 aliphatic carbocycles. The molecule has 1 heterocycles. The topological polar surface area (TPSA) is 50.4 Å². The fourth-order valence-electron chi connectivity index (χ4n) is 3.73. The lowest BCUT2D eigenvalue weighted by atomic mass is 9.82. The van der Waals surface area contributed by atoms with Crippen LogP contribution in [0.5, 0.6) is 5.75 Å². The number of fused-ring (bicyclic) bond motifs is 1. The van der Waals surface area contributed by atoms with Crippen molar-refractivity contribution in [3.63, 3.8) is 0 Å². The van der Waals surface area contributed by atoms with Crippen molar-refractivity contribution in [2.75, 3.05) is 17.7 Å². The first-order chi connectivity index (χ1) is 12.2. The maximum Gasteiger partial charge on any atom is 0.163 e. The molecule has 0 saturated heterocycles.